The molecule has 2 N–H and O–H groups in total. The van der Waals surface area contributed by atoms with Gasteiger partial charge in [0.1, 0.15) is 5.75 Å². The lowest BCUT2D eigenvalue weighted by Gasteiger charge is -2.14. The number of carbonyl (C=O) groups excluding carboxylic acids is 2. The Labute approximate surface area is 138 Å². The molecule has 0 bridgehead atoms. The van der Waals surface area contributed by atoms with Gasteiger partial charge in [0.25, 0.3) is 5.91 Å². The number of amides is 1. The SMILES string of the molecule is C[C@@H](OC(=O)Cc1ccc(O)cc1)C(=O)Nc1ccccc1Cl. The van der Waals surface area contributed by atoms with Gasteiger partial charge >= 0.3 is 5.97 Å². The number of rotatable bonds is 5. The number of halogens is 1. The molecule has 1 atom stereocenters. The molecule has 2 rings (SSSR count). The van der Waals surface area contributed by atoms with Crippen molar-refractivity contribution >= 4 is 29.2 Å². The first kappa shape index (κ1) is 16.8. The lowest BCUT2D eigenvalue weighted by Crippen LogP contribution is -2.30. The normalized spacial score (nSPS) is 11.6. The third kappa shape index (κ3) is 5.00. The van der Waals surface area contributed by atoms with Crippen molar-refractivity contribution in [1.29, 1.82) is 0 Å². The number of nitrogens with one attached hydrogen (secondary N) is 1. The average molecular weight is 334 g/mol. The first-order valence-electron chi connectivity index (χ1n) is 6.98. The van der Waals surface area contributed by atoms with Gasteiger partial charge in [-0.05, 0) is 36.8 Å². The summed E-state index contributed by atoms with van der Waals surface area (Å²) in [5.41, 5.74) is 1.15. The molecule has 0 saturated heterocycles. The number of ether oxygens (including phenoxy) is 1. The van der Waals surface area contributed by atoms with E-state index in [0.29, 0.717) is 16.3 Å². The molecule has 2 aromatic carbocycles. The standard InChI is InChI=1S/C17H16ClNO4/c1-11(17(22)19-15-5-3-2-4-14(15)18)23-16(21)10-12-6-8-13(20)9-7-12/h2-9,11,20H,10H2,1H3,(H,19,22)/t11-/m1/s1. The molecule has 0 saturated carbocycles. The van der Waals surface area contributed by atoms with E-state index in [1.807, 2.05) is 0 Å². The van der Waals surface area contributed by atoms with Crippen LogP contribution in [0.4, 0.5) is 5.69 Å². The summed E-state index contributed by atoms with van der Waals surface area (Å²) in [6, 6.07) is 13.0. The van der Waals surface area contributed by atoms with Crippen molar-refractivity contribution in [2.45, 2.75) is 19.4 Å². The largest absolute Gasteiger partial charge is 0.508 e. The summed E-state index contributed by atoms with van der Waals surface area (Å²) in [4.78, 5) is 23.9. The molecule has 5 nitrogen and oxygen atoms in total. The van der Waals surface area contributed by atoms with Crippen LogP contribution in [-0.2, 0) is 20.7 Å². The molecule has 6 heteroatoms. The zero-order valence-corrected chi connectivity index (χ0v) is 13.2. The number of esters is 1. The molecule has 0 aromatic heterocycles. The Morgan fingerprint density at radius 1 is 1.17 bits per heavy atom. The summed E-state index contributed by atoms with van der Waals surface area (Å²) in [5, 5.41) is 12.2. The van der Waals surface area contributed by atoms with Crippen LogP contribution in [0.25, 0.3) is 0 Å². The topological polar surface area (TPSA) is 75.6 Å². The van der Waals surface area contributed by atoms with Crippen LogP contribution in [-0.4, -0.2) is 23.1 Å². The summed E-state index contributed by atoms with van der Waals surface area (Å²) in [7, 11) is 0. The van der Waals surface area contributed by atoms with Crippen LogP contribution < -0.4 is 5.32 Å². The van der Waals surface area contributed by atoms with Crippen molar-refractivity contribution in [3.05, 3.63) is 59.1 Å². The molecular weight excluding hydrogens is 318 g/mol. The van der Waals surface area contributed by atoms with Gasteiger partial charge in [0, 0.05) is 0 Å². The molecule has 0 aliphatic heterocycles. The van der Waals surface area contributed by atoms with Crippen molar-refractivity contribution in [1.82, 2.24) is 0 Å². The van der Waals surface area contributed by atoms with Crippen molar-refractivity contribution in [2.75, 3.05) is 5.32 Å². The molecular formula is C17H16ClNO4. The minimum atomic E-state index is -0.948. The lowest BCUT2D eigenvalue weighted by molar-refractivity contribution is -0.152. The maximum atomic E-state index is 12.0. The molecule has 0 radical (unpaired) electrons. The van der Waals surface area contributed by atoms with E-state index in [0.717, 1.165) is 0 Å². The number of carbonyl (C=O) groups is 2. The van der Waals surface area contributed by atoms with Gasteiger partial charge in [-0.3, -0.25) is 9.59 Å². The summed E-state index contributed by atoms with van der Waals surface area (Å²) in [6.07, 6.45) is -0.930. The van der Waals surface area contributed by atoms with Crippen LogP contribution in [0.3, 0.4) is 0 Å². The van der Waals surface area contributed by atoms with E-state index in [-0.39, 0.29) is 12.2 Å². The van der Waals surface area contributed by atoms with Crippen molar-refractivity contribution < 1.29 is 19.4 Å². The second-order valence-electron chi connectivity index (χ2n) is 4.94. The Kier molecular flexibility index (Phi) is 5.60. The Morgan fingerprint density at radius 3 is 2.48 bits per heavy atom. The maximum absolute atomic E-state index is 12.0. The third-order valence-electron chi connectivity index (χ3n) is 3.09. The smallest absolute Gasteiger partial charge is 0.311 e. The van der Waals surface area contributed by atoms with Crippen LogP contribution in [0.2, 0.25) is 5.02 Å². The van der Waals surface area contributed by atoms with Gasteiger partial charge in [0.05, 0.1) is 17.1 Å². The Bertz CT molecular complexity index is 700. The van der Waals surface area contributed by atoms with Crippen LogP contribution in [0.15, 0.2) is 48.5 Å². The number of phenols is 1. The molecule has 0 aliphatic carbocycles. The van der Waals surface area contributed by atoms with E-state index in [9.17, 15) is 14.7 Å². The fourth-order valence-electron chi connectivity index (χ4n) is 1.87. The minimum Gasteiger partial charge on any atom is -0.508 e. The number of phenolic OH excluding ortho intramolecular Hbond substituents is 1. The highest BCUT2D eigenvalue weighted by Crippen LogP contribution is 2.20. The van der Waals surface area contributed by atoms with Crippen LogP contribution in [0.1, 0.15) is 12.5 Å². The van der Waals surface area contributed by atoms with E-state index in [1.54, 1.807) is 36.4 Å². The first-order valence-corrected chi connectivity index (χ1v) is 7.36. The quantitative estimate of drug-likeness (QED) is 0.824. The van der Waals surface area contributed by atoms with Crippen LogP contribution in [0.5, 0.6) is 5.75 Å². The van der Waals surface area contributed by atoms with Gasteiger partial charge in [0.2, 0.25) is 0 Å². The second-order valence-corrected chi connectivity index (χ2v) is 5.35. The minimum absolute atomic E-state index is 0.0179. The molecule has 2 aromatic rings. The Hall–Kier alpha value is -2.53. The highest BCUT2D eigenvalue weighted by atomic mass is 35.5. The zero-order chi connectivity index (χ0) is 16.8. The number of hydrogen-bond donors (Lipinski definition) is 2. The van der Waals surface area contributed by atoms with E-state index < -0.39 is 18.0 Å². The van der Waals surface area contributed by atoms with E-state index >= 15 is 0 Å². The number of anilines is 1. The summed E-state index contributed by atoms with van der Waals surface area (Å²) >= 11 is 5.96. The monoisotopic (exact) mass is 333 g/mol. The summed E-state index contributed by atoms with van der Waals surface area (Å²) in [5.74, 6) is -0.871. The fourth-order valence-corrected chi connectivity index (χ4v) is 2.05. The molecule has 0 spiro atoms. The highest BCUT2D eigenvalue weighted by molar-refractivity contribution is 6.33. The number of hydrogen-bond acceptors (Lipinski definition) is 4. The molecule has 23 heavy (non-hydrogen) atoms. The lowest BCUT2D eigenvalue weighted by atomic mass is 10.1. The maximum Gasteiger partial charge on any atom is 0.311 e. The van der Waals surface area contributed by atoms with Gasteiger partial charge in [-0.2, -0.15) is 0 Å². The number of para-hydroxylation sites is 1. The van der Waals surface area contributed by atoms with E-state index in [1.165, 1.54) is 19.1 Å². The highest BCUT2D eigenvalue weighted by Gasteiger charge is 2.18. The van der Waals surface area contributed by atoms with Gasteiger partial charge in [-0.1, -0.05) is 35.9 Å². The van der Waals surface area contributed by atoms with Gasteiger partial charge < -0.3 is 15.2 Å². The summed E-state index contributed by atoms with van der Waals surface area (Å²) in [6.45, 7) is 1.49. The predicted octanol–water partition coefficient (Wildman–Crippen LogP) is 3.16. The molecule has 0 aliphatic rings. The Balaban J connectivity index is 1.89. The zero-order valence-electron chi connectivity index (χ0n) is 12.5. The summed E-state index contributed by atoms with van der Waals surface area (Å²) < 4.78 is 5.10. The first-order chi connectivity index (χ1) is 11.0. The molecule has 0 heterocycles. The third-order valence-corrected chi connectivity index (χ3v) is 3.42. The van der Waals surface area contributed by atoms with Crippen molar-refractivity contribution in [2.24, 2.45) is 0 Å². The number of aromatic hydroxyl groups is 1. The van der Waals surface area contributed by atoms with Gasteiger partial charge in [-0.15, -0.1) is 0 Å². The van der Waals surface area contributed by atoms with E-state index in [2.05, 4.69) is 5.32 Å². The molecule has 0 unspecified atom stereocenters. The van der Waals surface area contributed by atoms with Crippen molar-refractivity contribution in [3.63, 3.8) is 0 Å². The average Bonchev–Trinajstić information content (AvgIpc) is 2.51. The fraction of sp³-hybridized carbons (Fsp3) is 0.176. The van der Waals surface area contributed by atoms with Crippen molar-refractivity contribution in [3.8, 4) is 5.75 Å². The number of benzene rings is 2. The Morgan fingerprint density at radius 2 is 1.83 bits per heavy atom. The predicted molar refractivity (Wildman–Crippen MR) is 87.4 cm³/mol. The second kappa shape index (κ2) is 7.65. The van der Waals surface area contributed by atoms with Gasteiger partial charge in [0.15, 0.2) is 6.10 Å². The van der Waals surface area contributed by atoms with E-state index in [4.69, 9.17) is 16.3 Å². The van der Waals surface area contributed by atoms with Gasteiger partial charge in [-0.25, -0.2) is 0 Å². The molecule has 0 fully saturated rings. The molecule has 1 amide bonds. The van der Waals surface area contributed by atoms with Crippen LogP contribution >= 0.6 is 11.6 Å². The van der Waals surface area contributed by atoms with Crippen LogP contribution in [0, 0.1) is 0 Å². The molecule has 120 valence electrons.